The van der Waals surface area contributed by atoms with Crippen LogP contribution < -0.4 is 4.74 Å². The van der Waals surface area contributed by atoms with Crippen LogP contribution in [0.1, 0.15) is 19.3 Å². The fraction of sp³-hybridized carbons (Fsp3) is 0.421. The zero-order valence-corrected chi connectivity index (χ0v) is 17.3. The summed E-state index contributed by atoms with van der Waals surface area (Å²) in [6.07, 6.45) is -7.11. The number of aromatic hydroxyl groups is 2. The predicted molar refractivity (Wildman–Crippen MR) is 104 cm³/mol. The second-order valence-corrected chi connectivity index (χ2v) is 6.98. The van der Waals surface area contributed by atoms with Gasteiger partial charge in [0.05, 0.1) is 19.4 Å². The summed E-state index contributed by atoms with van der Waals surface area (Å²) >= 11 is 0. The van der Waals surface area contributed by atoms with Gasteiger partial charge in [0, 0.05) is 6.07 Å². The number of phenols is 2. The van der Waals surface area contributed by atoms with Crippen molar-refractivity contribution < 1.29 is 74.3 Å². The summed E-state index contributed by atoms with van der Waals surface area (Å²) in [6.45, 7) is -2.86. The highest BCUT2D eigenvalue weighted by Crippen LogP contribution is 2.43. The molecule has 0 aliphatic rings. The van der Waals surface area contributed by atoms with Crippen LogP contribution in [0.3, 0.4) is 0 Å². The molecule has 0 bridgehead atoms. The van der Waals surface area contributed by atoms with Gasteiger partial charge in [-0.05, 0) is 12.1 Å². The van der Waals surface area contributed by atoms with Gasteiger partial charge in [-0.3, -0.25) is 19.2 Å². The minimum atomic E-state index is -3.30. The van der Waals surface area contributed by atoms with Crippen molar-refractivity contribution in [1.82, 2.24) is 0 Å². The number of carbonyl (C=O) groups is 5. The van der Waals surface area contributed by atoms with E-state index in [2.05, 4.69) is 0 Å². The molecule has 0 spiro atoms. The van der Waals surface area contributed by atoms with Gasteiger partial charge in [-0.25, -0.2) is 4.79 Å². The third-order valence-corrected chi connectivity index (χ3v) is 4.66. The summed E-state index contributed by atoms with van der Waals surface area (Å²) in [4.78, 5) is 58.9. The van der Waals surface area contributed by atoms with E-state index < -0.39 is 96.7 Å². The van der Waals surface area contributed by atoms with Gasteiger partial charge in [0.15, 0.2) is 28.5 Å². The molecular formula is C19H22O15. The maximum absolute atomic E-state index is 13.1. The van der Waals surface area contributed by atoms with Gasteiger partial charge in [-0.2, -0.15) is 0 Å². The maximum atomic E-state index is 13.1. The number of phenolic OH excluding ortho intramolecular Hbond substituents is 2. The first kappa shape index (κ1) is 28.1. The van der Waals surface area contributed by atoms with E-state index in [-0.39, 0.29) is 0 Å². The Morgan fingerprint density at radius 1 is 0.853 bits per heavy atom. The van der Waals surface area contributed by atoms with E-state index in [0.717, 1.165) is 12.1 Å². The maximum Gasteiger partial charge on any atom is 0.329 e. The highest BCUT2D eigenvalue weighted by atomic mass is 16.6. The van der Waals surface area contributed by atoms with Crippen molar-refractivity contribution in [3.8, 4) is 17.2 Å². The number of ketones is 1. The smallest absolute Gasteiger partial charge is 0.329 e. The van der Waals surface area contributed by atoms with Gasteiger partial charge in [-0.15, -0.1) is 0 Å². The molecule has 0 aliphatic carbocycles. The van der Waals surface area contributed by atoms with Crippen molar-refractivity contribution in [3.63, 3.8) is 0 Å². The normalized spacial score (nSPS) is 15.4. The number of ether oxygens (including phenoxy) is 2. The fourth-order valence-corrected chi connectivity index (χ4v) is 3.28. The highest BCUT2D eigenvalue weighted by Gasteiger charge is 2.65. The van der Waals surface area contributed by atoms with E-state index in [0.29, 0.717) is 6.07 Å². The number of aliphatic hydroxyl groups is 2. The Morgan fingerprint density at radius 2 is 1.44 bits per heavy atom. The fourth-order valence-electron chi connectivity index (χ4n) is 3.28. The molecule has 8 N–H and O–H groups in total. The van der Waals surface area contributed by atoms with Gasteiger partial charge in [0.25, 0.3) is 0 Å². The number of carboxylic acids is 4. The van der Waals surface area contributed by atoms with E-state index in [9.17, 15) is 54.6 Å². The number of rotatable bonds is 15. The van der Waals surface area contributed by atoms with Crippen LogP contribution >= 0.6 is 0 Å². The summed E-state index contributed by atoms with van der Waals surface area (Å²) in [5.74, 6) is -11.2. The molecule has 0 radical (unpaired) electrons. The van der Waals surface area contributed by atoms with Crippen molar-refractivity contribution in [1.29, 1.82) is 0 Å². The van der Waals surface area contributed by atoms with E-state index >= 15 is 0 Å². The van der Waals surface area contributed by atoms with Crippen LogP contribution in [0.25, 0.3) is 0 Å². The lowest BCUT2D eigenvalue weighted by Gasteiger charge is -2.49. The molecule has 34 heavy (non-hydrogen) atoms. The standard InChI is InChI=1S/C19H22O15/c20-7-13(24)19(6-16(29)30,34-9-1-2-10(21)11(22)3-9)18(5-15(27)28,33-8-17(31)32)12(23)4-14(25)26/h1-3,13,20-22,24H,4-8H2,(H,25,26)(H,27,28)(H,29,30)(H,31,32)/t13-,18+,19-/m1/s1. The van der Waals surface area contributed by atoms with Gasteiger partial charge in [-0.1, -0.05) is 0 Å². The largest absolute Gasteiger partial charge is 0.504 e. The molecule has 0 saturated heterocycles. The van der Waals surface area contributed by atoms with Crippen LogP contribution in [0.5, 0.6) is 17.2 Å². The number of Topliss-reactive ketones (excluding diaryl/α,β-unsaturated/α-hetero) is 1. The summed E-state index contributed by atoms with van der Waals surface area (Å²) in [7, 11) is 0. The summed E-state index contributed by atoms with van der Waals surface area (Å²) < 4.78 is 10.5. The summed E-state index contributed by atoms with van der Waals surface area (Å²) in [5.41, 5.74) is -6.46. The number of aliphatic hydroxyl groups excluding tert-OH is 2. The molecule has 1 rings (SSSR count). The van der Waals surface area contributed by atoms with E-state index in [1.165, 1.54) is 0 Å². The van der Waals surface area contributed by atoms with Crippen LogP contribution in [0.4, 0.5) is 0 Å². The van der Waals surface area contributed by atoms with Crippen LogP contribution in [0.2, 0.25) is 0 Å². The molecule has 3 atom stereocenters. The second kappa shape index (κ2) is 11.3. The molecular weight excluding hydrogens is 468 g/mol. The lowest BCUT2D eigenvalue weighted by atomic mass is 9.70. The molecule has 0 unspecified atom stereocenters. The van der Waals surface area contributed by atoms with Crippen molar-refractivity contribution in [2.75, 3.05) is 13.2 Å². The number of carboxylic acid groups (broad SMARTS) is 4. The first-order valence-corrected chi connectivity index (χ1v) is 9.25. The third kappa shape index (κ3) is 6.31. The Labute approximate surface area is 190 Å². The van der Waals surface area contributed by atoms with Crippen LogP contribution in [0.15, 0.2) is 18.2 Å². The zero-order valence-electron chi connectivity index (χ0n) is 17.3. The molecule has 0 fully saturated rings. The van der Waals surface area contributed by atoms with Crippen LogP contribution in [-0.2, 0) is 28.7 Å². The molecule has 1 aromatic rings. The van der Waals surface area contributed by atoms with Gasteiger partial charge >= 0.3 is 23.9 Å². The minimum Gasteiger partial charge on any atom is -0.504 e. The topological polar surface area (TPSA) is 266 Å². The predicted octanol–water partition coefficient (Wildman–Crippen LogP) is -1.60. The Bertz CT molecular complexity index is 957. The van der Waals surface area contributed by atoms with E-state index in [1.807, 2.05) is 0 Å². The number of carbonyl (C=O) groups excluding carboxylic acids is 1. The first-order chi connectivity index (χ1) is 15.7. The Hall–Kier alpha value is -3.95. The molecule has 188 valence electrons. The molecule has 0 saturated carbocycles. The van der Waals surface area contributed by atoms with Gasteiger partial charge in [0.2, 0.25) is 0 Å². The highest BCUT2D eigenvalue weighted by molar-refractivity contribution is 6.03. The third-order valence-electron chi connectivity index (χ3n) is 4.66. The second-order valence-electron chi connectivity index (χ2n) is 6.98. The average Bonchev–Trinajstić information content (AvgIpc) is 2.71. The quantitative estimate of drug-likeness (QED) is 0.102. The Morgan fingerprint density at radius 3 is 1.88 bits per heavy atom. The van der Waals surface area contributed by atoms with E-state index in [1.54, 1.807) is 0 Å². The number of aliphatic carboxylic acids is 4. The Kier molecular flexibility index (Phi) is 9.30. The van der Waals surface area contributed by atoms with Crippen LogP contribution in [0, 0.1) is 0 Å². The summed E-state index contributed by atoms with van der Waals surface area (Å²) in [6, 6.07) is 2.39. The SMILES string of the molecule is O=C(O)CO[C@@](CC(=O)O)(C(=O)CC(=O)O)[C@](CC(=O)O)(Oc1ccc(O)c(O)c1)[C@H](O)CO. The van der Waals surface area contributed by atoms with Crippen molar-refractivity contribution >= 4 is 29.7 Å². The molecule has 0 heterocycles. The van der Waals surface area contributed by atoms with Crippen molar-refractivity contribution in [3.05, 3.63) is 18.2 Å². The molecule has 15 nitrogen and oxygen atoms in total. The first-order valence-electron chi connectivity index (χ1n) is 9.25. The molecule has 1 aromatic carbocycles. The number of benzene rings is 1. The van der Waals surface area contributed by atoms with Crippen molar-refractivity contribution in [2.24, 2.45) is 0 Å². The molecule has 0 aliphatic heterocycles. The van der Waals surface area contributed by atoms with Crippen molar-refractivity contribution in [2.45, 2.75) is 36.6 Å². The van der Waals surface area contributed by atoms with Crippen LogP contribution in [-0.4, -0.2) is 101 Å². The molecule has 0 aromatic heterocycles. The average molecular weight is 490 g/mol. The lowest BCUT2D eigenvalue weighted by molar-refractivity contribution is -0.226. The van der Waals surface area contributed by atoms with Gasteiger partial charge < -0.3 is 50.3 Å². The summed E-state index contributed by atoms with van der Waals surface area (Å²) in [5, 5.41) is 76.5. The lowest BCUT2D eigenvalue weighted by Crippen LogP contribution is -2.71. The number of hydrogen-bond acceptors (Lipinski definition) is 11. The minimum absolute atomic E-state index is 0.596. The molecule has 0 amide bonds. The van der Waals surface area contributed by atoms with Gasteiger partial charge in [0.1, 0.15) is 24.9 Å². The monoisotopic (exact) mass is 490 g/mol. The zero-order chi connectivity index (χ0) is 26.3. The number of hydrogen-bond donors (Lipinski definition) is 8. The van der Waals surface area contributed by atoms with E-state index in [4.69, 9.17) is 19.7 Å². The Balaban J connectivity index is 4.04. The molecule has 15 heteroatoms.